The number of rotatable bonds is 3. The first-order chi connectivity index (χ1) is 6.52. The van der Waals surface area contributed by atoms with Crippen LogP contribution in [0.15, 0.2) is 18.2 Å². The molecule has 0 fully saturated rings. The van der Waals surface area contributed by atoms with Crippen LogP contribution in [0, 0.1) is 17.6 Å². The van der Waals surface area contributed by atoms with Crippen molar-refractivity contribution in [2.45, 2.75) is 26.3 Å². The summed E-state index contributed by atoms with van der Waals surface area (Å²) < 4.78 is 26.0. The van der Waals surface area contributed by atoms with Gasteiger partial charge in [0.05, 0.1) is 0 Å². The predicted octanol–water partition coefficient (Wildman–Crippen LogP) is 2.49. The van der Waals surface area contributed by atoms with Gasteiger partial charge in [0, 0.05) is 6.04 Å². The zero-order valence-corrected chi connectivity index (χ0v) is 8.43. The second-order valence-electron chi connectivity index (χ2n) is 3.75. The van der Waals surface area contributed by atoms with Gasteiger partial charge in [0.15, 0.2) is 11.6 Å². The van der Waals surface area contributed by atoms with Crippen molar-refractivity contribution in [3.05, 3.63) is 35.4 Å². The van der Waals surface area contributed by atoms with Gasteiger partial charge in [-0.15, -0.1) is 0 Å². The molecule has 0 aliphatic heterocycles. The summed E-state index contributed by atoms with van der Waals surface area (Å²) in [6.07, 6.45) is 0.473. The first-order valence-corrected chi connectivity index (χ1v) is 4.71. The number of hydrogen-bond acceptors (Lipinski definition) is 1. The third-order valence-corrected chi connectivity index (χ3v) is 2.47. The maximum absolute atomic E-state index is 13.2. The zero-order chi connectivity index (χ0) is 10.7. The average molecular weight is 199 g/mol. The van der Waals surface area contributed by atoms with E-state index < -0.39 is 11.6 Å². The van der Waals surface area contributed by atoms with E-state index in [1.165, 1.54) is 6.07 Å². The van der Waals surface area contributed by atoms with Gasteiger partial charge in [-0.25, -0.2) is 8.78 Å². The van der Waals surface area contributed by atoms with Gasteiger partial charge in [0.2, 0.25) is 0 Å². The van der Waals surface area contributed by atoms with E-state index in [0.717, 1.165) is 6.07 Å². The van der Waals surface area contributed by atoms with Crippen LogP contribution in [0.1, 0.15) is 19.4 Å². The first-order valence-electron chi connectivity index (χ1n) is 4.71. The van der Waals surface area contributed by atoms with Crippen LogP contribution in [0.3, 0.4) is 0 Å². The van der Waals surface area contributed by atoms with Gasteiger partial charge in [0.25, 0.3) is 0 Å². The van der Waals surface area contributed by atoms with E-state index in [-0.39, 0.29) is 12.0 Å². The lowest BCUT2D eigenvalue weighted by molar-refractivity contribution is 0.452. The van der Waals surface area contributed by atoms with Crippen molar-refractivity contribution >= 4 is 0 Å². The van der Waals surface area contributed by atoms with Gasteiger partial charge in [-0.05, 0) is 30.9 Å². The minimum atomic E-state index is -0.792. The second kappa shape index (κ2) is 4.51. The van der Waals surface area contributed by atoms with Crippen LogP contribution in [0.2, 0.25) is 0 Å². The van der Waals surface area contributed by atoms with E-state index in [1.807, 2.05) is 13.8 Å². The predicted molar refractivity (Wildman–Crippen MR) is 52.9 cm³/mol. The molecule has 2 N–H and O–H groups in total. The zero-order valence-electron chi connectivity index (χ0n) is 8.43. The van der Waals surface area contributed by atoms with Gasteiger partial charge in [-0.2, -0.15) is 0 Å². The minimum Gasteiger partial charge on any atom is -0.328 e. The fraction of sp³-hybridized carbons (Fsp3) is 0.455. The topological polar surface area (TPSA) is 26.0 Å². The van der Waals surface area contributed by atoms with Gasteiger partial charge in [-0.1, -0.05) is 19.1 Å². The van der Waals surface area contributed by atoms with Crippen molar-refractivity contribution in [2.24, 2.45) is 11.7 Å². The Morgan fingerprint density at radius 1 is 1.29 bits per heavy atom. The van der Waals surface area contributed by atoms with Crippen LogP contribution in [0.4, 0.5) is 8.78 Å². The van der Waals surface area contributed by atoms with Crippen molar-refractivity contribution in [2.75, 3.05) is 0 Å². The molecule has 3 heteroatoms. The molecule has 0 aliphatic carbocycles. The van der Waals surface area contributed by atoms with Crippen LogP contribution in [-0.2, 0) is 6.42 Å². The van der Waals surface area contributed by atoms with E-state index in [0.29, 0.717) is 12.0 Å². The SMILES string of the molecule is CC(N)C(C)Cc1cccc(F)c1F. The fourth-order valence-corrected chi connectivity index (χ4v) is 1.24. The largest absolute Gasteiger partial charge is 0.328 e. The lowest BCUT2D eigenvalue weighted by atomic mass is 9.95. The van der Waals surface area contributed by atoms with Gasteiger partial charge < -0.3 is 5.73 Å². The molecule has 0 aliphatic rings. The van der Waals surface area contributed by atoms with Crippen LogP contribution in [0.25, 0.3) is 0 Å². The summed E-state index contributed by atoms with van der Waals surface area (Å²) in [6, 6.07) is 4.21. The Morgan fingerprint density at radius 3 is 2.50 bits per heavy atom. The molecule has 1 aromatic rings. The molecule has 0 aromatic heterocycles. The molecule has 0 heterocycles. The summed E-state index contributed by atoms with van der Waals surface area (Å²) in [4.78, 5) is 0. The average Bonchev–Trinajstić information content (AvgIpc) is 2.12. The highest BCUT2D eigenvalue weighted by Crippen LogP contribution is 2.16. The van der Waals surface area contributed by atoms with E-state index in [2.05, 4.69) is 0 Å². The van der Waals surface area contributed by atoms with Crippen molar-refractivity contribution in [1.82, 2.24) is 0 Å². The highest BCUT2D eigenvalue weighted by molar-refractivity contribution is 5.19. The monoisotopic (exact) mass is 199 g/mol. The number of halogens is 2. The van der Waals surface area contributed by atoms with Crippen LogP contribution in [-0.4, -0.2) is 6.04 Å². The molecule has 1 nitrogen and oxygen atoms in total. The summed E-state index contributed by atoms with van der Waals surface area (Å²) in [5, 5.41) is 0. The molecule has 2 unspecified atom stereocenters. The van der Waals surface area contributed by atoms with E-state index >= 15 is 0 Å². The molecule has 14 heavy (non-hydrogen) atoms. The fourth-order valence-electron chi connectivity index (χ4n) is 1.24. The molecular formula is C11H15F2N. The Bertz CT molecular complexity index is 310. The second-order valence-corrected chi connectivity index (χ2v) is 3.75. The van der Waals surface area contributed by atoms with Crippen LogP contribution >= 0.6 is 0 Å². The third kappa shape index (κ3) is 2.51. The smallest absolute Gasteiger partial charge is 0.162 e. The lowest BCUT2D eigenvalue weighted by Gasteiger charge is -2.15. The molecule has 78 valence electrons. The highest BCUT2D eigenvalue weighted by Gasteiger charge is 2.13. The maximum atomic E-state index is 13.2. The van der Waals surface area contributed by atoms with Crippen molar-refractivity contribution in [1.29, 1.82) is 0 Å². The maximum Gasteiger partial charge on any atom is 0.162 e. The normalized spacial score (nSPS) is 15.2. The minimum absolute atomic E-state index is 0.0160. The Kier molecular flexibility index (Phi) is 3.58. The number of hydrogen-bond donors (Lipinski definition) is 1. The first kappa shape index (κ1) is 11.1. The van der Waals surface area contributed by atoms with E-state index in [4.69, 9.17) is 5.73 Å². The Morgan fingerprint density at radius 2 is 1.93 bits per heavy atom. The molecule has 0 bridgehead atoms. The van der Waals surface area contributed by atoms with E-state index in [1.54, 1.807) is 6.07 Å². The number of benzene rings is 1. The Balaban J connectivity index is 2.82. The highest BCUT2D eigenvalue weighted by atomic mass is 19.2. The summed E-state index contributed by atoms with van der Waals surface area (Å²) >= 11 is 0. The van der Waals surface area contributed by atoms with Gasteiger partial charge >= 0.3 is 0 Å². The van der Waals surface area contributed by atoms with Crippen molar-refractivity contribution < 1.29 is 8.78 Å². The third-order valence-electron chi connectivity index (χ3n) is 2.47. The molecule has 0 amide bonds. The summed E-state index contributed by atoms with van der Waals surface area (Å²) in [7, 11) is 0. The Labute approximate surface area is 82.9 Å². The molecule has 1 rings (SSSR count). The summed E-state index contributed by atoms with van der Waals surface area (Å²) in [6.45, 7) is 3.79. The van der Waals surface area contributed by atoms with Crippen LogP contribution in [0.5, 0.6) is 0 Å². The standard InChI is InChI=1S/C11H15F2N/c1-7(8(2)14)6-9-4-3-5-10(12)11(9)13/h3-5,7-8H,6,14H2,1-2H3. The lowest BCUT2D eigenvalue weighted by Crippen LogP contribution is -2.26. The molecule has 0 saturated carbocycles. The Hall–Kier alpha value is -0.960. The van der Waals surface area contributed by atoms with E-state index in [9.17, 15) is 8.78 Å². The molecule has 0 radical (unpaired) electrons. The quantitative estimate of drug-likeness (QED) is 0.795. The van der Waals surface area contributed by atoms with Crippen molar-refractivity contribution in [3.63, 3.8) is 0 Å². The van der Waals surface area contributed by atoms with Crippen molar-refractivity contribution in [3.8, 4) is 0 Å². The van der Waals surface area contributed by atoms with Crippen LogP contribution < -0.4 is 5.73 Å². The molecule has 1 aromatic carbocycles. The molecule has 0 spiro atoms. The summed E-state index contributed by atoms with van der Waals surface area (Å²) in [5.41, 5.74) is 6.05. The van der Waals surface area contributed by atoms with Gasteiger partial charge in [0.1, 0.15) is 0 Å². The molecule has 0 saturated heterocycles. The summed E-state index contributed by atoms with van der Waals surface area (Å²) in [5.74, 6) is -1.40. The number of nitrogens with two attached hydrogens (primary N) is 1. The van der Waals surface area contributed by atoms with Gasteiger partial charge in [-0.3, -0.25) is 0 Å². The molecule has 2 atom stereocenters. The molecular weight excluding hydrogens is 184 g/mol.